The van der Waals surface area contributed by atoms with Gasteiger partial charge in [-0.25, -0.2) is 0 Å². The first-order chi connectivity index (χ1) is 7.18. The van der Waals surface area contributed by atoms with Gasteiger partial charge in [0.1, 0.15) is 5.76 Å². The summed E-state index contributed by atoms with van der Waals surface area (Å²) >= 11 is 0. The fourth-order valence-corrected chi connectivity index (χ4v) is 1.65. The first kappa shape index (κ1) is 10.2. The third-order valence-electron chi connectivity index (χ3n) is 2.34. The summed E-state index contributed by atoms with van der Waals surface area (Å²) in [6, 6.07) is 0.112. The second-order valence-corrected chi connectivity index (χ2v) is 3.99. The van der Waals surface area contributed by atoms with Crippen molar-refractivity contribution in [2.75, 3.05) is 6.54 Å². The zero-order valence-electron chi connectivity index (χ0n) is 8.96. The van der Waals surface area contributed by atoms with E-state index >= 15 is 0 Å². The summed E-state index contributed by atoms with van der Waals surface area (Å²) in [5.74, 6) is 0.682. The molecule has 0 radical (unpaired) electrons. The van der Waals surface area contributed by atoms with E-state index in [0.29, 0.717) is 12.2 Å². The lowest BCUT2D eigenvalue weighted by atomic mass is 10.1. The Balaban J connectivity index is 2.21. The quantitative estimate of drug-likeness (QED) is 0.742. The van der Waals surface area contributed by atoms with Gasteiger partial charge >= 0.3 is 0 Å². The van der Waals surface area contributed by atoms with Crippen LogP contribution in [-0.4, -0.2) is 23.7 Å². The van der Waals surface area contributed by atoms with Crippen molar-refractivity contribution < 1.29 is 9.32 Å². The molecule has 1 aromatic rings. The molecule has 2 heterocycles. The highest BCUT2D eigenvalue weighted by Crippen LogP contribution is 2.17. The number of nitrogens with zero attached hydrogens (tertiary/aromatic N) is 1. The van der Waals surface area contributed by atoms with E-state index in [2.05, 4.69) is 15.8 Å². The molecule has 1 aliphatic heterocycles. The van der Waals surface area contributed by atoms with Crippen molar-refractivity contribution in [3.63, 3.8) is 0 Å². The van der Waals surface area contributed by atoms with Gasteiger partial charge in [-0.15, -0.1) is 0 Å². The van der Waals surface area contributed by atoms with E-state index in [1.807, 2.05) is 13.8 Å². The molecule has 0 spiro atoms. The van der Waals surface area contributed by atoms with Crippen LogP contribution in [0.1, 0.15) is 35.7 Å². The number of rotatable bonds is 2. The van der Waals surface area contributed by atoms with E-state index in [1.54, 1.807) is 0 Å². The van der Waals surface area contributed by atoms with Crippen molar-refractivity contribution in [1.82, 2.24) is 15.8 Å². The summed E-state index contributed by atoms with van der Waals surface area (Å²) in [7, 11) is 0. The van der Waals surface area contributed by atoms with Gasteiger partial charge in [0, 0.05) is 31.1 Å². The summed E-state index contributed by atoms with van der Waals surface area (Å²) in [6.07, 6.45) is 0.803. The molecule has 2 rings (SSSR count). The average molecular weight is 209 g/mol. The number of hydrogen-bond donors (Lipinski definition) is 2. The number of fused-ring (bicyclic) bond motifs is 1. The molecule has 2 N–H and O–H groups in total. The largest absolute Gasteiger partial charge is 0.360 e. The van der Waals surface area contributed by atoms with E-state index in [0.717, 1.165) is 24.3 Å². The molecule has 1 aliphatic rings. The Kier molecular flexibility index (Phi) is 2.73. The molecule has 0 unspecified atom stereocenters. The normalized spacial score (nSPS) is 15.1. The van der Waals surface area contributed by atoms with Gasteiger partial charge in [0.05, 0.1) is 0 Å². The fraction of sp³-hybridized carbons (Fsp3) is 0.600. The third-order valence-corrected chi connectivity index (χ3v) is 2.34. The molecule has 1 aromatic heterocycles. The number of carbonyl (C=O) groups excluding carboxylic acids is 1. The van der Waals surface area contributed by atoms with Gasteiger partial charge < -0.3 is 15.2 Å². The smallest absolute Gasteiger partial charge is 0.274 e. The summed E-state index contributed by atoms with van der Waals surface area (Å²) in [6.45, 7) is 5.39. The predicted molar refractivity (Wildman–Crippen MR) is 54.5 cm³/mol. The van der Waals surface area contributed by atoms with E-state index in [4.69, 9.17) is 4.52 Å². The molecule has 1 amide bonds. The summed E-state index contributed by atoms with van der Waals surface area (Å²) in [5.41, 5.74) is 1.32. The Morgan fingerprint density at radius 3 is 3.13 bits per heavy atom. The minimum Gasteiger partial charge on any atom is -0.360 e. The summed E-state index contributed by atoms with van der Waals surface area (Å²) < 4.78 is 5.14. The molecule has 0 aliphatic carbocycles. The van der Waals surface area contributed by atoms with Crippen LogP contribution in [0.3, 0.4) is 0 Å². The Morgan fingerprint density at radius 1 is 1.60 bits per heavy atom. The van der Waals surface area contributed by atoms with Gasteiger partial charge in [-0.05, 0) is 13.8 Å². The monoisotopic (exact) mass is 209 g/mol. The standard InChI is InChI=1S/C10H15N3O2/c1-6(2)12-10(14)9-7-5-11-4-3-8(7)15-13-9/h6,11H,3-5H2,1-2H3,(H,12,14). The molecule has 15 heavy (non-hydrogen) atoms. The minimum atomic E-state index is -0.154. The zero-order chi connectivity index (χ0) is 10.8. The van der Waals surface area contributed by atoms with Crippen molar-refractivity contribution >= 4 is 5.91 Å². The Hall–Kier alpha value is -1.36. The third kappa shape index (κ3) is 2.02. The molecule has 5 nitrogen and oxygen atoms in total. The molecule has 0 bridgehead atoms. The van der Waals surface area contributed by atoms with Crippen LogP contribution in [0, 0.1) is 0 Å². The number of aromatic nitrogens is 1. The maximum Gasteiger partial charge on any atom is 0.274 e. The van der Waals surface area contributed by atoms with Gasteiger partial charge in [-0.1, -0.05) is 5.16 Å². The molecule has 0 atom stereocenters. The van der Waals surface area contributed by atoms with Crippen LogP contribution in [0.2, 0.25) is 0 Å². The highest BCUT2D eigenvalue weighted by Gasteiger charge is 2.23. The van der Waals surface area contributed by atoms with Crippen LogP contribution in [0.5, 0.6) is 0 Å². The van der Waals surface area contributed by atoms with Crippen LogP contribution in [0.15, 0.2) is 4.52 Å². The van der Waals surface area contributed by atoms with Gasteiger partial charge in [-0.3, -0.25) is 4.79 Å². The number of nitrogens with one attached hydrogen (secondary N) is 2. The van der Waals surface area contributed by atoms with Crippen molar-refractivity contribution in [3.8, 4) is 0 Å². The van der Waals surface area contributed by atoms with Gasteiger partial charge in [0.15, 0.2) is 5.69 Å². The Morgan fingerprint density at radius 2 is 2.40 bits per heavy atom. The van der Waals surface area contributed by atoms with Crippen molar-refractivity contribution in [2.24, 2.45) is 0 Å². The maximum atomic E-state index is 11.7. The molecule has 0 aromatic carbocycles. The molecule has 0 fully saturated rings. The van der Waals surface area contributed by atoms with Crippen LogP contribution in [-0.2, 0) is 13.0 Å². The highest BCUT2D eigenvalue weighted by molar-refractivity contribution is 5.94. The second-order valence-electron chi connectivity index (χ2n) is 3.99. The van der Waals surface area contributed by atoms with Crippen molar-refractivity contribution in [3.05, 3.63) is 17.0 Å². The predicted octanol–water partition coefficient (Wildman–Crippen LogP) is 0.458. The van der Waals surface area contributed by atoms with Crippen LogP contribution >= 0.6 is 0 Å². The van der Waals surface area contributed by atoms with Crippen molar-refractivity contribution in [2.45, 2.75) is 32.9 Å². The van der Waals surface area contributed by atoms with Gasteiger partial charge in [-0.2, -0.15) is 0 Å². The lowest BCUT2D eigenvalue weighted by Gasteiger charge is -2.11. The second kappa shape index (κ2) is 4.02. The minimum absolute atomic E-state index is 0.112. The number of hydrogen-bond acceptors (Lipinski definition) is 4. The van der Waals surface area contributed by atoms with E-state index in [9.17, 15) is 4.79 Å². The van der Waals surface area contributed by atoms with Crippen molar-refractivity contribution in [1.29, 1.82) is 0 Å². The SMILES string of the molecule is CC(C)NC(=O)c1noc2c1CNCC2. The van der Waals surface area contributed by atoms with Crippen LogP contribution in [0.4, 0.5) is 0 Å². The van der Waals surface area contributed by atoms with E-state index < -0.39 is 0 Å². The fourth-order valence-electron chi connectivity index (χ4n) is 1.65. The zero-order valence-corrected chi connectivity index (χ0v) is 8.96. The molecule has 5 heteroatoms. The van der Waals surface area contributed by atoms with E-state index in [-0.39, 0.29) is 11.9 Å². The molecule has 0 saturated heterocycles. The van der Waals surface area contributed by atoms with Crippen LogP contribution in [0.25, 0.3) is 0 Å². The Bertz CT molecular complexity index is 371. The average Bonchev–Trinajstić information content (AvgIpc) is 2.59. The Labute approximate surface area is 88.2 Å². The molecular formula is C10H15N3O2. The number of carbonyl (C=O) groups is 1. The van der Waals surface area contributed by atoms with Gasteiger partial charge in [0.25, 0.3) is 5.91 Å². The summed E-state index contributed by atoms with van der Waals surface area (Å²) in [4.78, 5) is 11.7. The highest BCUT2D eigenvalue weighted by atomic mass is 16.5. The lowest BCUT2D eigenvalue weighted by Crippen LogP contribution is -2.32. The van der Waals surface area contributed by atoms with Crippen LogP contribution < -0.4 is 10.6 Å². The number of amides is 1. The summed E-state index contributed by atoms with van der Waals surface area (Å²) in [5, 5.41) is 9.83. The molecule has 82 valence electrons. The first-order valence-corrected chi connectivity index (χ1v) is 5.17. The van der Waals surface area contributed by atoms with E-state index in [1.165, 1.54) is 0 Å². The molecule has 0 saturated carbocycles. The molecular weight excluding hydrogens is 194 g/mol. The topological polar surface area (TPSA) is 67.2 Å². The first-order valence-electron chi connectivity index (χ1n) is 5.17. The maximum absolute atomic E-state index is 11.7. The van der Waals surface area contributed by atoms with Gasteiger partial charge in [0.2, 0.25) is 0 Å². The lowest BCUT2D eigenvalue weighted by molar-refractivity contribution is 0.0933.